The van der Waals surface area contributed by atoms with Crippen molar-refractivity contribution in [2.75, 3.05) is 6.61 Å². The zero-order valence-corrected chi connectivity index (χ0v) is 5.75. The molecule has 4 heteroatoms. The van der Waals surface area contributed by atoms with E-state index in [-0.39, 0.29) is 11.9 Å². The van der Waals surface area contributed by atoms with Gasteiger partial charge in [-0.25, -0.2) is 0 Å². The fraction of sp³-hybridized carbons (Fsp3) is 0.833. The standard InChI is InChI=1S/C6H12N2O2/c7-4-1-2-5(6(8)9)10-3-4/h4-5H,1-3,7H2,(H2,8,9)/t4?,5-/m0/s1. The summed E-state index contributed by atoms with van der Waals surface area (Å²) in [6, 6.07) is 0.0793. The van der Waals surface area contributed by atoms with Crippen LogP contribution < -0.4 is 11.5 Å². The molecule has 4 nitrogen and oxygen atoms in total. The second kappa shape index (κ2) is 2.98. The molecule has 2 atom stereocenters. The predicted octanol–water partition coefficient (Wildman–Crippen LogP) is -1.02. The van der Waals surface area contributed by atoms with Gasteiger partial charge in [-0.15, -0.1) is 0 Å². The minimum atomic E-state index is -0.403. The van der Waals surface area contributed by atoms with Crippen molar-refractivity contribution < 1.29 is 9.53 Å². The molecule has 10 heavy (non-hydrogen) atoms. The molecule has 0 aliphatic carbocycles. The van der Waals surface area contributed by atoms with Gasteiger partial charge in [-0.05, 0) is 12.8 Å². The molecule has 0 aromatic rings. The van der Waals surface area contributed by atoms with Gasteiger partial charge in [-0.3, -0.25) is 4.79 Å². The molecule has 1 amide bonds. The third-order valence-electron chi connectivity index (χ3n) is 1.63. The van der Waals surface area contributed by atoms with Gasteiger partial charge >= 0.3 is 0 Å². The molecule has 1 aliphatic rings. The number of amides is 1. The Bertz CT molecular complexity index is 130. The Labute approximate surface area is 59.5 Å². The molecule has 0 aromatic carbocycles. The van der Waals surface area contributed by atoms with E-state index in [1.807, 2.05) is 0 Å². The van der Waals surface area contributed by atoms with E-state index in [0.717, 1.165) is 6.42 Å². The molecule has 0 radical (unpaired) electrons. The monoisotopic (exact) mass is 144 g/mol. The van der Waals surface area contributed by atoms with Crippen molar-refractivity contribution in [3.63, 3.8) is 0 Å². The van der Waals surface area contributed by atoms with Crippen molar-refractivity contribution in [1.82, 2.24) is 0 Å². The van der Waals surface area contributed by atoms with E-state index in [1.165, 1.54) is 0 Å². The van der Waals surface area contributed by atoms with Crippen LogP contribution in [0.2, 0.25) is 0 Å². The number of carbonyl (C=O) groups excluding carboxylic acids is 1. The maximum atomic E-state index is 10.5. The smallest absolute Gasteiger partial charge is 0.246 e. The molecule has 58 valence electrons. The Hall–Kier alpha value is -0.610. The first-order valence-electron chi connectivity index (χ1n) is 3.36. The largest absolute Gasteiger partial charge is 0.367 e. The van der Waals surface area contributed by atoms with Crippen LogP contribution in [0.25, 0.3) is 0 Å². The third-order valence-corrected chi connectivity index (χ3v) is 1.63. The molecule has 1 rings (SSSR count). The number of hydrogen-bond acceptors (Lipinski definition) is 3. The molecule has 4 N–H and O–H groups in total. The summed E-state index contributed by atoms with van der Waals surface area (Å²) in [6.07, 6.45) is 1.09. The van der Waals surface area contributed by atoms with Gasteiger partial charge in [-0.1, -0.05) is 0 Å². The number of nitrogens with two attached hydrogens (primary N) is 2. The van der Waals surface area contributed by atoms with Crippen LogP contribution in [0.4, 0.5) is 0 Å². The molecule has 0 aromatic heterocycles. The van der Waals surface area contributed by atoms with Gasteiger partial charge in [0.1, 0.15) is 6.10 Å². The zero-order valence-electron chi connectivity index (χ0n) is 5.75. The lowest BCUT2D eigenvalue weighted by Gasteiger charge is -2.24. The molecule has 1 aliphatic heterocycles. The van der Waals surface area contributed by atoms with Crippen LogP contribution >= 0.6 is 0 Å². The van der Waals surface area contributed by atoms with Crippen LogP contribution in [0, 0.1) is 0 Å². The maximum absolute atomic E-state index is 10.5. The topological polar surface area (TPSA) is 78.3 Å². The van der Waals surface area contributed by atoms with Crippen molar-refractivity contribution in [3.8, 4) is 0 Å². The Morgan fingerprint density at radius 3 is 2.60 bits per heavy atom. The third kappa shape index (κ3) is 1.68. The number of hydrogen-bond donors (Lipinski definition) is 2. The van der Waals surface area contributed by atoms with Crippen molar-refractivity contribution in [3.05, 3.63) is 0 Å². The van der Waals surface area contributed by atoms with Crippen LogP contribution in [0.3, 0.4) is 0 Å². The predicted molar refractivity (Wildman–Crippen MR) is 36.1 cm³/mol. The first-order chi connectivity index (χ1) is 4.70. The number of ether oxygens (including phenoxy) is 1. The summed E-state index contributed by atoms with van der Waals surface area (Å²) < 4.78 is 5.05. The molecular weight excluding hydrogens is 132 g/mol. The summed E-state index contributed by atoms with van der Waals surface area (Å²) in [4.78, 5) is 10.5. The highest BCUT2D eigenvalue weighted by atomic mass is 16.5. The molecule has 1 fully saturated rings. The first kappa shape index (κ1) is 7.50. The second-order valence-corrected chi connectivity index (χ2v) is 2.56. The number of carbonyl (C=O) groups is 1. The SMILES string of the molecule is NC(=O)[C@@H]1CCC(N)CO1. The average Bonchev–Trinajstić information content (AvgIpc) is 1.88. The van der Waals surface area contributed by atoms with Gasteiger partial charge in [-0.2, -0.15) is 0 Å². The van der Waals surface area contributed by atoms with Crippen molar-refractivity contribution in [1.29, 1.82) is 0 Å². The highest BCUT2D eigenvalue weighted by molar-refractivity contribution is 5.78. The zero-order chi connectivity index (χ0) is 7.56. The Morgan fingerprint density at radius 1 is 1.50 bits per heavy atom. The van der Waals surface area contributed by atoms with Crippen LogP contribution in [0.1, 0.15) is 12.8 Å². The molecule has 1 heterocycles. The van der Waals surface area contributed by atoms with Crippen molar-refractivity contribution in [2.45, 2.75) is 25.0 Å². The highest BCUT2D eigenvalue weighted by Gasteiger charge is 2.22. The minimum absolute atomic E-state index is 0.0793. The molecule has 0 spiro atoms. The number of rotatable bonds is 1. The Balaban J connectivity index is 2.33. The fourth-order valence-electron chi connectivity index (χ4n) is 0.996. The lowest BCUT2D eigenvalue weighted by atomic mass is 10.1. The summed E-state index contributed by atoms with van der Waals surface area (Å²) in [6.45, 7) is 0.452. The van der Waals surface area contributed by atoms with Gasteiger partial charge in [0, 0.05) is 6.04 Å². The molecule has 0 bridgehead atoms. The normalized spacial score (nSPS) is 33.7. The van der Waals surface area contributed by atoms with Crippen LogP contribution in [-0.4, -0.2) is 24.7 Å². The summed E-state index contributed by atoms with van der Waals surface area (Å²) in [7, 11) is 0. The van der Waals surface area contributed by atoms with E-state index in [2.05, 4.69) is 0 Å². The maximum Gasteiger partial charge on any atom is 0.246 e. The fourth-order valence-corrected chi connectivity index (χ4v) is 0.996. The van der Waals surface area contributed by atoms with Crippen molar-refractivity contribution in [2.24, 2.45) is 11.5 Å². The lowest BCUT2D eigenvalue weighted by Crippen LogP contribution is -2.41. The Morgan fingerprint density at radius 2 is 2.20 bits per heavy atom. The van der Waals surface area contributed by atoms with Gasteiger partial charge in [0.15, 0.2) is 0 Å². The number of primary amides is 1. The van der Waals surface area contributed by atoms with Crippen LogP contribution in [0.5, 0.6) is 0 Å². The van der Waals surface area contributed by atoms with Crippen molar-refractivity contribution >= 4 is 5.91 Å². The minimum Gasteiger partial charge on any atom is -0.367 e. The Kier molecular flexibility index (Phi) is 2.24. The summed E-state index contributed by atoms with van der Waals surface area (Å²) in [5.74, 6) is -0.382. The van der Waals surface area contributed by atoms with E-state index >= 15 is 0 Å². The first-order valence-corrected chi connectivity index (χ1v) is 3.36. The summed E-state index contributed by atoms with van der Waals surface area (Å²) >= 11 is 0. The summed E-state index contributed by atoms with van der Waals surface area (Å²) in [5, 5.41) is 0. The molecule has 0 saturated carbocycles. The van der Waals surface area contributed by atoms with Gasteiger partial charge in [0.2, 0.25) is 5.91 Å². The highest BCUT2D eigenvalue weighted by Crippen LogP contribution is 2.10. The average molecular weight is 144 g/mol. The quantitative estimate of drug-likeness (QED) is 0.494. The van der Waals surface area contributed by atoms with E-state index in [4.69, 9.17) is 16.2 Å². The lowest BCUT2D eigenvalue weighted by molar-refractivity contribution is -0.132. The van der Waals surface area contributed by atoms with Gasteiger partial charge in [0.25, 0.3) is 0 Å². The van der Waals surface area contributed by atoms with E-state index < -0.39 is 6.10 Å². The van der Waals surface area contributed by atoms with Gasteiger partial charge < -0.3 is 16.2 Å². The molecule has 1 saturated heterocycles. The molecular formula is C6H12N2O2. The van der Waals surface area contributed by atoms with Crippen LogP contribution in [-0.2, 0) is 9.53 Å². The second-order valence-electron chi connectivity index (χ2n) is 2.56. The van der Waals surface area contributed by atoms with E-state index in [9.17, 15) is 4.79 Å². The van der Waals surface area contributed by atoms with E-state index in [0.29, 0.717) is 13.0 Å². The van der Waals surface area contributed by atoms with Crippen LogP contribution in [0.15, 0.2) is 0 Å². The van der Waals surface area contributed by atoms with E-state index in [1.54, 1.807) is 0 Å². The van der Waals surface area contributed by atoms with Gasteiger partial charge in [0.05, 0.1) is 6.61 Å². The summed E-state index contributed by atoms with van der Waals surface area (Å²) in [5.41, 5.74) is 10.5. The molecule has 1 unspecified atom stereocenters.